The molecule has 23 heavy (non-hydrogen) atoms. The van der Waals surface area contributed by atoms with Crippen molar-refractivity contribution in [3.63, 3.8) is 0 Å². The van der Waals surface area contributed by atoms with Crippen molar-refractivity contribution in [2.75, 3.05) is 26.3 Å². The molecule has 2 amide bonds. The Morgan fingerprint density at radius 3 is 2.96 bits per heavy atom. The zero-order valence-corrected chi connectivity index (χ0v) is 14.8. The molecule has 1 N–H and O–H groups in total. The van der Waals surface area contributed by atoms with Gasteiger partial charge in [0, 0.05) is 37.4 Å². The van der Waals surface area contributed by atoms with Crippen LogP contribution in [-0.2, 0) is 11.3 Å². The maximum absolute atomic E-state index is 12.5. The first-order chi connectivity index (χ1) is 11.0. The lowest BCUT2D eigenvalue weighted by atomic mass is 9.99. The number of likely N-dealkylation sites (tertiary alicyclic amines) is 1. The van der Waals surface area contributed by atoms with Gasteiger partial charge in [-0.1, -0.05) is 0 Å². The van der Waals surface area contributed by atoms with Gasteiger partial charge < -0.3 is 15.0 Å². The molecule has 2 heterocycles. The number of nitrogens with zero attached hydrogens (tertiary/aromatic N) is 3. The first-order valence-electron chi connectivity index (χ1n) is 8.63. The summed E-state index contributed by atoms with van der Waals surface area (Å²) in [5.74, 6) is 0.459. The predicted octanol–water partition coefficient (Wildman–Crippen LogP) is 2.35. The Hall–Kier alpha value is -1.56. The summed E-state index contributed by atoms with van der Waals surface area (Å²) >= 11 is 0. The minimum atomic E-state index is 0.0280. The standard InChI is InChI=1S/C17H30N4O2/c1-5-23-12-16-7-6-8-20(11-16)17(22)18-14(3)10-21-15(4)9-13(2)19-21/h9,14,16H,5-8,10-12H2,1-4H3,(H,18,22). The van der Waals surface area contributed by atoms with Gasteiger partial charge in [-0.05, 0) is 46.6 Å². The molecule has 1 saturated heterocycles. The Bertz CT molecular complexity index is 515. The van der Waals surface area contributed by atoms with E-state index in [-0.39, 0.29) is 12.1 Å². The van der Waals surface area contributed by atoms with E-state index in [1.807, 2.05) is 37.3 Å². The number of aryl methyl sites for hydroxylation is 2. The molecule has 2 atom stereocenters. The highest BCUT2D eigenvalue weighted by Gasteiger charge is 2.24. The summed E-state index contributed by atoms with van der Waals surface area (Å²) < 4.78 is 7.46. The Morgan fingerprint density at radius 1 is 1.52 bits per heavy atom. The van der Waals surface area contributed by atoms with Gasteiger partial charge in [0.2, 0.25) is 0 Å². The van der Waals surface area contributed by atoms with Gasteiger partial charge in [-0.2, -0.15) is 5.10 Å². The maximum Gasteiger partial charge on any atom is 0.317 e. The van der Waals surface area contributed by atoms with Gasteiger partial charge in [0.15, 0.2) is 0 Å². The monoisotopic (exact) mass is 322 g/mol. The largest absolute Gasteiger partial charge is 0.381 e. The highest BCUT2D eigenvalue weighted by Crippen LogP contribution is 2.17. The molecule has 2 unspecified atom stereocenters. The third-order valence-electron chi connectivity index (χ3n) is 4.28. The molecule has 6 heteroatoms. The van der Waals surface area contributed by atoms with Crippen molar-refractivity contribution in [1.29, 1.82) is 0 Å². The van der Waals surface area contributed by atoms with Gasteiger partial charge in [0.05, 0.1) is 18.8 Å². The zero-order valence-electron chi connectivity index (χ0n) is 14.8. The van der Waals surface area contributed by atoms with Crippen LogP contribution in [0.1, 0.15) is 38.1 Å². The SMILES string of the molecule is CCOCC1CCCN(C(=O)NC(C)Cn2nc(C)cc2C)C1. The summed E-state index contributed by atoms with van der Waals surface area (Å²) in [6.45, 7) is 11.9. The number of rotatable bonds is 6. The molecule has 0 aliphatic carbocycles. The number of urea groups is 1. The van der Waals surface area contributed by atoms with Crippen LogP contribution >= 0.6 is 0 Å². The number of carbonyl (C=O) groups is 1. The molecule has 1 aromatic heterocycles. The van der Waals surface area contributed by atoms with Crippen LogP contribution in [0, 0.1) is 19.8 Å². The summed E-state index contributed by atoms with van der Waals surface area (Å²) in [5, 5.41) is 7.55. The van der Waals surface area contributed by atoms with Gasteiger partial charge in [-0.25, -0.2) is 4.79 Å². The molecule has 130 valence electrons. The van der Waals surface area contributed by atoms with Crippen LogP contribution in [0.5, 0.6) is 0 Å². The number of carbonyl (C=O) groups excluding carboxylic acids is 1. The number of hydrogen-bond acceptors (Lipinski definition) is 3. The van der Waals surface area contributed by atoms with E-state index in [9.17, 15) is 4.79 Å². The molecule has 1 aliphatic rings. The molecular formula is C17H30N4O2. The van der Waals surface area contributed by atoms with E-state index < -0.39 is 0 Å². The van der Waals surface area contributed by atoms with Crippen LogP contribution in [0.25, 0.3) is 0 Å². The lowest BCUT2D eigenvalue weighted by molar-refractivity contribution is 0.0751. The fourth-order valence-electron chi connectivity index (χ4n) is 3.14. The number of hydrogen-bond donors (Lipinski definition) is 1. The van der Waals surface area contributed by atoms with Gasteiger partial charge in [-0.15, -0.1) is 0 Å². The molecule has 6 nitrogen and oxygen atoms in total. The summed E-state index contributed by atoms with van der Waals surface area (Å²) in [6, 6.07) is 2.13. The Balaban J connectivity index is 1.82. The van der Waals surface area contributed by atoms with E-state index in [0.717, 1.165) is 50.5 Å². The number of aromatic nitrogens is 2. The highest BCUT2D eigenvalue weighted by molar-refractivity contribution is 5.74. The van der Waals surface area contributed by atoms with Crippen molar-refractivity contribution in [2.45, 2.75) is 53.1 Å². The minimum absolute atomic E-state index is 0.0280. The molecule has 2 rings (SSSR count). The Morgan fingerprint density at radius 2 is 2.30 bits per heavy atom. The molecule has 0 radical (unpaired) electrons. The average Bonchev–Trinajstić information content (AvgIpc) is 2.83. The van der Waals surface area contributed by atoms with E-state index >= 15 is 0 Å². The number of ether oxygens (including phenoxy) is 1. The summed E-state index contributed by atoms with van der Waals surface area (Å²) in [7, 11) is 0. The first-order valence-corrected chi connectivity index (χ1v) is 8.63. The van der Waals surface area contributed by atoms with Crippen molar-refractivity contribution in [3.05, 3.63) is 17.5 Å². The van der Waals surface area contributed by atoms with E-state index in [0.29, 0.717) is 12.5 Å². The average molecular weight is 322 g/mol. The fourth-order valence-corrected chi connectivity index (χ4v) is 3.14. The second kappa shape index (κ2) is 8.34. The van der Waals surface area contributed by atoms with Crippen LogP contribution in [0.3, 0.4) is 0 Å². The lowest BCUT2D eigenvalue weighted by Crippen LogP contribution is -2.49. The molecule has 0 bridgehead atoms. The predicted molar refractivity (Wildman–Crippen MR) is 90.5 cm³/mol. The van der Waals surface area contributed by atoms with E-state index in [1.54, 1.807) is 0 Å². The van der Waals surface area contributed by atoms with Crippen LogP contribution in [0.15, 0.2) is 6.07 Å². The van der Waals surface area contributed by atoms with Crippen LogP contribution in [0.4, 0.5) is 4.79 Å². The second-order valence-electron chi connectivity index (χ2n) is 6.57. The molecule has 1 aromatic rings. The Kier molecular flexibility index (Phi) is 6.45. The second-order valence-corrected chi connectivity index (χ2v) is 6.57. The summed E-state index contributed by atoms with van der Waals surface area (Å²) in [6.07, 6.45) is 2.20. The Labute approximate surface area is 139 Å². The topological polar surface area (TPSA) is 59.4 Å². The number of nitrogens with one attached hydrogen (secondary N) is 1. The van der Waals surface area contributed by atoms with Crippen molar-refractivity contribution in [1.82, 2.24) is 20.0 Å². The zero-order chi connectivity index (χ0) is 16.8. The van der Waals surface area contributed by atoms with E-state index in [4.69, 9.17) is 4.74 Å². The molecule has 1 aliphatic heterocycles. The van der Waals surface area contributed by atoms with E-state index in [2.05, 4.69) is 16.5 Å². The summed E-state index contributed by atoms with van der Waals surface area (Å²) in [5.41, 5.74) is 2.13. The molecule has 0 aromatic carbocycles. The third-order valence-corrected chi connectivity index (χ3v) is 4.28. The number of piperidine rings is 1. The van der Waals surface area contributed by atoms with Crippen LogP contribution < -0.4 is 5.32 Å². The highest BCUT2D eigenvalue weighted by atomic mass is 16.5. The smallest absolute Gasteiger partial charge is 0.317 e. The minimum Gasteiger partial charge on any atom is -0.381 e. The van der Waals surface area contributed by atoms with Gasteiger partial charge in [-0.3, -0.25) is 4.68 Å². The first kappa shape index (κ1) is 17.8. The molecule has 1 fully saturated rings. The van der Waals surface area contributed by atoms with E-state index in [1.165, 1.54) is 0 Å². The number of amides is 2. The van der Waals surface area contributed by atoms with Gasteiger partial charge in [0.1, 0.15) is 0 Å². The molecule has 0 saturated carbocycles. The molecule has 0 spiro atoms. The van der Waals surface area contributed by atoms with Crippen molar-refractivity contribution in [2.24, 2.45) is 5.92 Å². The van der Waals surface area contributed by atoms with Crippen LogP contribution in [-0.4, -0.2) is 53.1 Å². The normalized spacial score (nSPS) is 19.7. The van der Waals surface area contributed by atoms with Crippen molar-refractivity contribution < 1.29 is 9.53 Å². The van der Waals surface area contributed by atoms with Gasteiger partial charge in [0.25, 0.3) is 0 Å². The summed E-state index contributed by atoms with van der Waals surface area (Å²) in [4.78, 5) is 14.4. The van der Waals surface area contributed by atoms with Crippen LogP contribution in [0.2, 0.25) is 0 Å². The maximum atomic E-state index is 12.5. The molecular weight excluding hydrogens is 292 g/mol. The lowest BCUT2D eigenvalue weighted by Gasteiger charge is -2.33. The van der Waals surface area contributed by atoms with Gasteiger partial charge >= 0.3 is 6.03 Å². The third kappa shape index (κ3) is 5.23. The quantitative estimate of drug-likeness (QED) is 0.874. The van der Waals surface area contributed by atoms with Crippen molar-refractivity contribution >= 4 is 6.03 Å². The van der Waals surface area contributed by atoms with Crippen molar-refractivity contribution in [3.8, 4) is 0 Å². The fraction of sp³-hybridized carbons (Fsp3) is 0.765.